The highest BCUT2D eigenvalue weighted by atomic mass is 16.4. The molecule has 0 aromatic carbocycles. The molecule has 0 amide bonds. The summed E-state index contributed by atoms with van der Waals surface area (Å²) in [5, 5.41) is 25.4. The predicted octanol–water partition coefficient (Wildman–Crippen LogP) is -1.68. The molecule has 104 valence electrons. The molecule has 0 rings (SSSR count). The molecular formula is C9H18N4O5. The van der Waals surface area contributed by atoms with Gasteiger partial charge in [0.15, 0.2) is 5.96 Å². The number of carbonyl (C=O) groups is 3. The van der Waals surface area contributed by atoms with Crippen LogP contribution in [0, 0.1) is 5.41 Å². The van der Waals surface area contributed by atoms with Crippen molar-refractivity contribution in [2.24, 2.45) is 11.5 Å². The first kappa shape index (κ1) is 18.2. The molecule has 0 aromatic rings. The number of carboxylic acids is 2. The smallest absolute Gasteiger partial charge is 0.371 e. The van der Waals surface area contributed by atoms with Gasteiger partial charge in [-0.25, -0.2) is 4.79 Å². The minimum absolute atomic E-state index is 0.112. The van der Waals surface area contributed by atoms with Crippen LogP contribution in [0.1, 0.15) is 19.8 Å². The van der Waals surface area contributed by atoms with Crippen molar-refractivity contribution >= 4 is 23.7 Å². The molecule has 0 spiro atoms. The van der Waals surface area contributed by atoms with Crippen molar-refractivity contribution in [1.82, 2.24) is 5.32 Å². The third-order valence-electron chi connectivity index (χ3n) is 1.63. The molecule has 0 aliphatic carbocycles. The van der Waals surface area contributed by atoms with Crippen LogP contribution in [-0.4, -0.2) is 46.5 Å². The molecule has 0 saturated heterocycles. The van der Waals surface area contributed by atoms with Gasteiger partial charge in [-0.05, 0) is 12.8 Å². The predicted molar refractivity (Wildman–Crippen MR) is 63.1 cm³/mol. The summed E-state index contributed by atoms with van der Waals surface area (Å²) < 4.78 is 0. The molecule has 0 aliphatic rings. The molecule has 0 bridgehead atoms. The number of hydrogen-bond acceptors (Lipinski definition) is 5. The molecule has 0 fully saturated rings. The van der Waals surface area contributed by atoms with Gasteiger partial charge >= 0.3 is 11.9 Å². The molecule has 9 nitrogen and oxygen atoms in total. The third kappa shape index (κ3) is 13.8. The summed E-state index contributed by atoms with van der Waals surface area (Å²) in [5.74, 6) is -3.32. The van der Waals surface area contributed by atoms with E-state index < -0.39 is 23.8 Å². The van der Waals surface area contributed by atoms with Gasteiger partial charge in [0.2, 0.25) is 5.78 Å². The van der Waals surface area contributed by atoms with Gasteiger partial charge in [-0.1, -0.05) is 0 Å². The van der Waals surface area contributed by atoms with Crippen LogP contribution in [0.15, 0.2) is 0 Å². The lowest BCUT2D eigenvalue weighted by atomic mass is 10.2. The average Bonchev–Trinajstić information content (AvgIpc) is 2.24. The highest BCUT2D eigenvalue weighted by Crippen LogP contribution is 1.92. The van der Waals surface area contributed by atoms with E-state index in [2.05, 4.69) is 5.32 Å². The second kappa shape index (κ2) is 10.0. The average molecular weight is 262 g/mol. The number of carbonyl (C=O) groups excluding carboxylic acids is 1. The number of hydrogen-bond donors (Lipinski definition) is 6. The summed E-state index contributed by atoms with van der Waals surface area (Å²) in [5.41, 5.74) is 10.2. The zero-order valence-electron chi connectivity index (χ0n) is 9.97. The van der Waals surface area contributed by atoms with Gasteiger partial charge in [0.25, 0.3) is 0 Å². The zero-order chi connectivity index (χ0) is 14.7. The maximum Gasteiger partial charge on any atom is 0.371 e. The van der Waals surface area contributed by atoms with E-state index in [1.807, 2.05) is 0 Å². The third-order valence-corrected chi connectivity index (χ3v) is 1.63. The van der Waals surface area contributed by atoms with Crippen molar-refractivity contribution < 1.29 is 24.6 Å². The minimum atomic E-state index is -1.38. The van der Waals surface area contributed by atoms with Crippen molar-refractivity contribution in [2.75, 3.05) is 6.54 Å². The van der Waals surface area contributed by atoms with E-state index in [4.69, 9.17) is 27.1 Å². The van der Waals surface area contributed by atoms with Crippen LogP contribution >= 0.6 is 0 Å². The Kier molecular flexibility index (Phi) is 10.1. The Labute approximate surface area is 104 Å². The fourth-order valence-corrected chi connectivity index (χ4v) is 0.669. The molecule has 0 radical (unpaired) electrons. The Morgan fingerprint density at radius 3 is 2.06 bits per heavy atom. The van der Waals surface area contributed by atoms with Crippen LogP contribution in [0.4, 0.5) is 0 Å². The molecule has 0 aromatic heterocycles. The van der Waals surface area contributed by atoms with Crippen molar-refractivity contribution in [1.29, 1.82) is 5.41 Å². The van der Waals surface area contributed by atoms with E-state index in [0.717, 1.165) is 6.92 Å². The Morgan fingerprint density at radius 2 is 1.78 bits per heavy atom. The van der Waals surface area contributed by atoms with Crippen molar-refractivity contribution in [2.45, 2.75) is 25.8 Å². The van der Waals surface area contributed by atoms with E-state index in [1.165, 1.54) is 0 Å². The summed E-state index contributed by atoms with van der Waals surface area (Å²) in [6, 6.07) is -0.821. The van der Waals surface area contributed by atoms with Gasteiger partial charge in [-0.2, -0.15) is 0 Å². The van der Waals surface area contributed by atoms with E-state index in [9.17, 15) is 14.4 Å². The number of guanidine groups is 1. The van der Waals surface area contributed by atoms with E-state index in [0.29, 0.717) is 19.4 Å². The highest BCUT2D eigenvalue weighted by molar-refractivity contribution is 6.31. The topological polar surface area (TPSA) is 180 Å². The molecule has 9 heteroatoms. The lowest BCUT2D eigenvalue weighted by Gasteiger charge is -2.06. The molecule has 18 heavy (non-hydrogen) atoms. The molecule has 0 heterocycles. The minimum Gasteiger partial charge on any atom is -0.480 e. The van der Waals surface area contributed by atoms with E-state index in [1.54, 1.807) is 0 Å². The van der Waals surface area contributed by atoms with Crippen molar-refractivity contribution in [3.05, 3.63) is 0 Å². The zero-order valence-corrected chi connectivity index (χ0v) is 9.97. The maximum absolute atomic E-state index is 10.2. The molecule has 0 aliphatic heterocycles. The maximum atomic E-state index is 10.2. The van der Waals surface area contributed by atoms with Gasteiger partial charge < -0.3 is 27.0 Å². The number of ketones is 1. The summed E-state index contributed by atoms with van der Waals surface area (Å²) in [4.78, 5) is 29.1. The van der Waals surface area contributed by atoms with E-state index >= 15 is 0 Å². The first-order valence-electron chi connectivity index (χ1n) is 4.98. The number of carboxylic acid groups (broad SMARTS) is 2. The normalized spacial score (nSPS) is 10.6. The Balaban J connectivity index is 0. The first-order chi connectivity index (χ1) is 8.18. The summed E-state index contributed by atoms with van der Waals surface area (Å²) >= 11 is 0. The lowest BCUT2D eigenvalue weighted by Crippen LogP contribution is -2.34. The van der Waals surface area contributed by atoms with Gasteiger partial charge in [0.05, 0.1) is 0 Å². The van der Waals surface area contributed by atoms with Crippen LogP contribution < -0.4 is 16.8 Å². The number of aliphatic carboxylic acids is 2. The Morgan fingerprint density at radius 1 is 1.33 bits per heavy atom. The number of nitrogens with two attached hydrogens (primary N) is 2. The molecular weight excluding hydrogens is 244 g/mol. The van der Waals surface area contributed by atoms with Crippen molar-refractivity contribution in [3.63, 3.8) is 0 Å². The fraction of sp³-hybridized carbons (Fsp3) is 0.556. The molecule has 0 saturated carbocycles. The summed E-state index contributed by atoms with van der Waals surface area (Å²) in [6.07, 6.45) is 0.975. The second-order valence-electron chi connectivity index (χ2n) is 3.29. The number of nitrogens with one attached hydrogen (secondary N) is 2. The van der Waals surface area contributed by atoms with Crippen LogP contribution in [0.2, 0.25) is 0 Å². The molecule has 0 unspecified atom stereocenters. The first-order valence-corrected chi connectivity index (χ1v) is 4.98. The standard InChI is InChI=1S/C6H14N4O2.C3H4O3/c7-4(5(11)12)2-1-3-10-6(8)9;1-2(4)3(5)6/h4H,1-3,7H2,(H,11,12)(H4,8,9,10);1H3,(H,5,6)/t4-;/m0./s1. The van der Waals surface area contributed by atoms with Crippen molar-refractivity contribution in [3.8, 4) is 0 Å². The summed E-state index contributed by atoms with van der Waals surface area (Å²) in [6.45, 7) is 1.48. The summed E-state index contributed by atoms with van der Waals surface area (Å²) in [7, 11) is 0. The largest absolute Gasteiger partial charge is 0.480 e. The second-order valence-corrected chi connectivity index (χ2v) is 3.29. The van der Waals surface area contributed by atoms with Crippen LogP contribution in [-0.2, 0) is 14.4 Å². The van der Waals surface area contributed by atoms with Crippen LogP contribution in [0.25, 0.3) is 0 Å². The molecule has 1 atom stereocenters. The van der Waals surface area contributed by atoms with Crippen LogP contribution in [0.5, 0.6) is 0 Å². The SMILES string of the molecule is CC(=O)C(=O)O.N=C(N)NCCC[C@H](N)C(=O)O. The highest BCUT2D eigenvalue weighted by Gasteiger charge is 2.09. The fourth-order valence-electron chi connectivity index (χ4n) is 0.669. The van der Waals surface area contributed by atoms with E-state index in [-0.39, 0.29) is 5.96 Å². The van der Waals surface area contributed by atoms with Gasteiger partial charge in [0, 0.05) is 13.5 Å². The monoisotopic (exact) mass is 262 g/mol. The van der Waals surface area contributed by atoms with Gasteiger partial charge in [-0.3, -0.25) is 15.0 Å². The van der Waals surface area contributed by atoms with Crippen LogP contribution in [0.3, 0.4) is 0 Å². The van der Waals surface area contributed by atoms with Gasteiger partial charge in [0.1, 0.15) is 6.04 Å². The Hall–Kier alpha value is -2.16. The Bertz CT molecular complexity index is 306. The van der Waals surface area contributed by atoms with Gasteiger partial charge in [-0.15, -0.1) is 0 Å². The number of rotatable bonds is 6. The lowest BCUT2D eigenvalue weighted by molar-refractivity contribution is -0.148. The molecule has 8 N–H and O–H groups in total. The quantitative estimate of drug-likeness (QED) is 0.142. The number of Topliss-reactive ketones (excluding diaryl/α,β-unsaturated/α-hetero) is 1.